The molecule has 3 N–H and O–H groups in total. The van der Waals surface area contributed by atoms with Gasteiger partial charge in [-0.3, -0.25) is 4.99 Å². The Hall–Kier alpha value is -1.25. The van der Waals surface area contributed by atoms with Crippen molar-refractivity contribution in [1.29, 1.82) is 0 Å². The summed E-state index contributed by atoms with van der Waals surface area (Å²) in [6.07, 6.45) is 3.45. The first kappa shape index (κ1) is 17.6. The molecular weight excluding hydrogens is 344 g/mol. The summed E-state index contributed by atoms with van der Waals surface area (Å²) in [4.78, 5) is 4.17. The fraction of sp³-hybridized carbons (Fsp3) is 0.562. The van der Waals surface area contributed by atoms with Crippen molar-refractivity contribution in [2.24, 2.45) is 10.7 Å². The molecule has 2 aliphatic rings. The van der Waals surface area contributed by atoms with Gasteiger partial charge in [0.1, 0.15) is 0 Å². The molecule has 1 aliphatic heterocycles. The van der Waals surface area contributed by atoms with Crippen LogP contribution in [0.3, 0.4) is 0 Å². The normalized spacial score (nSPS) is 19.2. The van der Waals surface area contributed by atoms with Crippen molar-refractivity contribution in [2.45, 2.75) is 19.3 Å². The van der Waals surface area contributed by atoms with Gasteiger partial charge in [-0.2, -0.15) is 11.8 Å². The van der Waals surface area contributed by atoms with Crippen LogP contribution in [0.5, 0.6) is 0 Å². The topological polar surface area (TPSA) is 87.8 Å². The van der Waals surface area contributed by atoms with Crippen LogP contribution in [0.1, 0.15) is 17.5 Å². The number of aliphatic imine (C=N–C) groups is 1. The van der Waals surface area contributed by atoms with E-state index in [4.69, 9.17) is 5.73 Å². The monoisotopic (exact) mass is 368 g/mol. The number of benzene rings is 1. The van der Waals surface area contributed by atoms with Crippen molar-refractivity contribution in [3.05, 3.63) is 29.3 Å². The predicted molar refractivity (Wildman–Crippen MR) is 101 cm³/mol. The number of aryl methyl sites for hydroxylation is 2. The number of hydrogen-bond acceptors (Lipinski definition) is 4. The molecule has 1 fully saturated rings. The Morgan fingerprint density at radius 1 is 1.25 bits per heavy atom. The molecule has 0 saturated carbocycles. The van der Waals surface area contributed by atoms with Crippen LogP contribution in [0.25, 0.3) is 0 Å². The molecule has 0 radical (unpaired) electrons. The summed E-state index contributed by atoms with van der Waals surface area (Å²) >= 11 is 1.79. The summed E-state index contributed by atoms with van der Waals surface area (Å²) in [7, 11) is -3.23. The van der Waals surface area contributed by atoms with E-state index >= 15 is 0 Å². The first-order valence-electron chi connectivity index (χ1n) is 8.29. The molecule has 0 amide bonds. The average Bonchev–Trinajstić information content (AvgIpc) is 3.03. The maximum absolute atomic E-state index is 12.2. The average molecular weight is 369 g/mol. The standard InChI is InChI=1S/C16H24N4O2S2/c17-16(19-15-5-4-13-2-1-3-14(13)12-15)18-6-11-24(21,22)20-7-9-23-10-8-20/h4-5,12H,1-3,6-11H2,(H3,17,18,19). The van der Waals surface area contributed by atoms with E-state index in [-0.39, 0.29) is 18.3 Å². The molecule has 0 aromatic heterocycles. The van der Waals surface area contributed by atoms with E-state index in [0.717, 1.165) is 30.0 Å². The van der Waals surface area contributed by atoms with E-state index < -0.39 is 10.0 Å². The molecule has 0 unspecified atom stereocenters. The molecular formula is C16H24N4O2S2. The highest BCUT2D eigenvalue weighted by atomic mass is 32.2. The Bertz CT molecular complexity index is 713. The van der Waals surface area contributed by atoms with Crippen molar-refractivity contribution >= 4 is 33.4 Å². The highest BCUT2D eigenvalue weighted by molar-refractivity contribution is 7.99. The number of nitrogens with one attached hydrogen (secondary N) is 1. The zero-order valence-corrected chi connectivity index (χ0v) is 15.3. The van der Waals surface area contributed by atoms with Crippen LogP contribution >= 0.6 is 11.8 Å². The Morgan fingerprint density at radius 3 is 2.79 bits per heavy atom. The first-order valence-corrected chi connectivity index (χ1v) is 11.1. The van der Waals surface area contributed by atoms with Gasteiger partial charge < -0.3 is 11.1 Å². The highest BCUT2D eigenvalue weighted by Gasteiger charge is 2.23. The van der Waals surface area contributed by atoms with Gasteiger partial charge in [-0.15, -0.1) is 0 Å². The predicted octanol–water partition coefficient (Wildman–Crippen LogP) is 1.28. The van der Waals surface area contributed by atoms with E-state index in [2.05, 4.69) is 22.4 Å². The maximum Gasteiger partial charge on any atom is 0.215 e. The van der Waals surface area contributed by atoms with Crippen molar-refractivity contribution in [3.8, 4) is 0 Å². The van der Waals surface area contributed by atoms with Crippen LogP contribution in [-0.2, 0) is 22.9 Å². The van der Waals surface area contributed by atoms with E-state index in [1.165, 1.54) is 17.5 Å². The third-order valence-corrected chi connectivity index (χ3v) is 7.16. The minimum absolute atomic E-state index is 0.00420. The van der Waals surface area contributed by atoms with Crippen molar-refractivity contribution < 1.29 is 8.42 Å². The quantitative estimate of drug-likeness (QED) is 0.604. The fourth-order valence-corrected chi connectivity index (χ4v) is 5.53. The zero-order chi connectivity index (χ0) is 17.0. The lowest BCUT2D eigenvalue weighted by Gasteiger charge is -2.25. The van der Waals surface area contributed by atoms with Crippen LogP contribution in [-0.4, -0.2) is 55.6 Å². The summed E-state index contributed by atoms with van der Waals surface area (Å²) in [6.45, 7) is 1.37. The van der Waals surface area contributed by atoms with E-state index in [1.54, 1.807) is 16.1 Å². The zero-order valence-electron chi connectivity index (χ0n) is 13.7. The SMILES string of the molecule is NC(=NCCS(=O)(=O)N1CCSCC1)Nc1ccc2c(c1)CCC2. The summed E-state index contributed by atoms with van der Waals surface area (Å²) in [5, 5.41) is 3.05. The minimum atomic E-state index is -3.23. The molecule has 1 heterocycles. The fourth-order valence-electron chi connectivity index (χ4n) is 3.07. The molecule has 0 atom stereocenters. The molecule has 3 rings (SSSR count). The van der Waals surface area contributed by atoms with Crippen LogP contribution in [0.2, 0.25) is 0 Å². The lowest BCUT2D eigenvalue weighted by Crippen LogP contribution is -2.40. The number of nitrogens with zero attached hydrogens (tertiary/aromatic N) is 2. The van der Waals surface area contributed by atoms with Gasteiger partial charge in [0.15, 0.2) is 5.96 Å². The second-order valence-corrected chi connectivity index (χ2v) is 9.37. The van der Waals surface area contributed by atoms with E-state index in [1.807, 2.05) is 6.07 Å². The number of anilines is 1. The third kappa shape index (κ3) is 4.43. The molecule has 0 spiro atoms. The smallest absolute Gasteiger partial charge is 0.215 e. The number of guanidine groups is 1. The van der Waals surface area contributed by atoms with Gasteiger partial charge in [-0.1, -0.05) is 6.07 Å². The van der Waals surface area contributed by atoms with Gasteiger partial charge >= 0.3 is 0 Å². The summed E-state index contributed by atoms with van der Waals surface area (Å²) in [6, 6.07) is 6.22. The van der Waals surface area contributed by atoms with Crippen molar-refractivity contribution in [3.63, 3.8) is 0 Å². The largest absolute Gasteiger partial charge is 0.370 e. The van der Waals surface area contributed by atoms with Crippen LogP contribution in [0, 0.1) is 0 Å². The third-order valence-electron chi connectivity index (χ3n) is 4.37. The molecule has 1 aromatic rings. The van der Waals surface area contributed by atoms with E-state index in [0.29, 0.717) is 13.1 Å². The summed E-state index contributed by atoms with van der Waals surface area (Å²) in [5.41, 5.74) is 9.56. The van der Waals surface area contributed by atoms with Gasteiger partial charge in [-0.05, 0) is 42.5 Å². The van der Waals surface area contributed by atoms with Crippen molar-refractivity contribution in [2.75, 3.05) is 42.2 Å². The second kappa shape index (κ2) is 7.76. The molecule has 1 aliphatic carbocycles. The Kier molecular flexibility index (Phi) is 5.68. The Balaban J connectivity index is 1.52. The van der Waals surface area contributed by atoms with Crippen LogP contribution in [0.4, 0.5) is 5.69 Å². The Morgan fingerprint density at radius 2 is 2.00 bits per heavy atom. The number of fused-ring (bicyclic) bond motifs is 1. The first-order chi connectivity index (χ1) is 11.5. The number of hydrogen-bond donors (Lipinski definition) is 2. The molecule has 24 heavy (non-hydrogen) atoms. The summed E-state index contributed by atoms with van der Waals surface area (Å²) < 4.78 is 26.0. The Labute approximate surface area is 147 Å². The molecule has 0 bridgehead atoms. The summed E-state index contributed by atoms with van der Waals surface area (Å²) in [5.74, 6) is 2.00. The number of thioether (sulfide) groups is 1. The minimum Gasteiger partial charge on any atom is -0.370 e. The lowest BCUT2D eigenvalue weighted by molar-refractivity contribution is 0.444. The molecule has 6 nitrogen and oxygen atoms in total. The van der Waals surface area contributed by atoms with Gasteiger partial charge in [0, 0.05) is 30.3 Å². The van der Waals surface area contributed by atoms with Crippen LogP contribution in [0.15, 0.2) is 23.2 Å². The van der Waals surface area contributed by atoms with Crippen LogP contribution < -0.4 is 11.1 Å². The molecule has 132 valence electrons. The van der Waals surface area contributed by atoms with Gasteiger partial charge in [0.05, 0.1) is 12.3 Å². The number of sulfonamides is 1. The van der Waals surface area contributed by atoms with E-state index in [9.17, 15) is 8.42 Å². The number of nitrogens with two attached hydrogens (primary N) is 1. The second-order valence-electron chi connectivity index (χ2n) is 6.06. The van der Waals surface area contributed by atoms with Gasteiger partial charge in [0.25, 0.3) is 0 Å². The van der Waals surface area contributed by atoms with Gasteiger partial charge in [-0.25, -0.2) is 12.7 Å². The number of rotatable bonds is 5. The molecule has 8 heteroatoms. The maximum atomic E-state index is 12.2. The highest BCUT2D eigenvalue weighted by Crippen LogP contribution is 2.24. The lowest BCUT2D eigenvalue weighted by atomic mass is 10.1. The van der Waals surface area contributed by atoms with Crippen molar-refractivity contribution in [1.82, 2.24) is 4.31 Å². The molecule has 1 saturated heterocycles. The van der Waals surface area contributed by atoms with Gasteiger partial charge in [0.2, 0.25) is 10.0 Å². The molecule has 1 aromatic carbocycles.